The van der Waals surface area contributed by atoms with Crippen molar-refractivity contribution in [3.63, 3.8) is 0 Å². The summed E-state index contributed by atoms with van der Waals surface area (Å²) >= 11 is 0. The number of aryl methyl sites for hydroxylation is 1. The monoisotopic (exact) mass is 253 g/mol. The van der Waals surface area contributed by atoms with Crippen molar-refractivity contribution < 1.29 is 19.5 Å². The largest absolute Gasteiger partial charge is 0.480 e. The number of aromatic nitrogens is 1. The number of hydrogen-bond acceptors (Lipinski definition) is 3. The van der Waals surface area contributed by atoms with E-state index in [1.807, 2.05) is 6.92 Å². The van der Waals surface area contributed by atoms with Crippen molar-refractivity contribution >= 4 is 17.8 Å². The zero-order valence-corrected chi connectivity index (χ0v) is 10.1. The molecule has 1 aromatic rings. The number of carboxylic acid groups (broad SMARTS) is 1. The van der Waals surface area contributed by atoms with E-state index < -0.39 is 30.2 Å². The molecule has 1 aromatic heterocycles. The van der Waals surface area contributed by atoms with Crippen LogP contribution < -0.4 is 11.1 Å². The average molecular weight is 253 g/mol. The third kappa shape index (κ3) is 3.09. The minimum atomic E-state index is -1.31. The lowest BCUT2D eigenvalue weighted by Crippen LogP contribution is -2.43. The van der Waals surface area contributed by atoms with Crippen LogP contribution in [0.25, 0.3) is 0 Å². The van der Waals surface area contributed by atoms with Crippen molar-refractivity contribution in [2.75, 3.05) is 0 Å². The van der Waals surface area contributed by atoms with Gasteiger partial charge in [0.15, 0.2) is 0 Å². The van der Waals surface area contributed by atoms with Gasteiger partial charge < -0.3 is 20.7 Å². The maximum absolute atomic E-state index is 11.8. The lowest BCUT2D eigenvalue weighted by molar-refractivity contribution is -0.140. The zero-order valence-electron chi connectivity index (χ0n) is 10.1. The molecule has 0 aliphatic carbocycles. The quantitative estimate of drug-likeness (QED) is 0.649. The summed E-state index contributed by atoms with van der Waals surface area (Å²) in [5.41, 5.74) is 6.11. The van der Waals surface area contributed by atoms with E-state index in [9.17, 15) is 14.4 Å². The van der Waals surface area contributed by atoms with Crippen molar-refractivity contribution in [1.29, 1.82) is 0 Å². The van der Waals surface area contributed by atoms with Crippen molar-refractivity contribution in [3.8, 4) is 0 Å². The molecule has 0 saturated carbocycles. The number of carbonyl (C=O) groups is 3. The zero-order chi connectivity index (χ0) is 13.9. The number of carboxylic acids is 1. The van der Waals surface area contributed by atoms with Gasteiger partial charge in [0, 0.05) is 12.7 Å². The second-order valence-electron chi connectivity index (χ2n) is 3.95. The van der Waals surface area contributed by atoms with Crippen LogP contribution in [-0.2, 0) is 16.6 Å². The van der Waals surface area contributed by atoms with Crippen LogP contribution in [0.3, 0.4) is 0 Å². The van der Waals surface area contributed by atoms with Gasteiger partial charge in [-0.25, -0.2) is 4.79 Å². The van der Waals surface area contributed by atoms with Crippen molar-refractivity contribution in [2.24, 2.45) is 12.8 Å². The fourth-order valence-electron chi connectivity index (χ4n) is 1.47. The minimum absolute atomic E-state index is 0.322. The molecule has 7 nitrogen and oxygen atoms in total. The van der Waals surface area contributed by atoms with Gasteiger partial charge in [0.05, 0.1) is 6.42 Å². The molecule has 1 rings (SSSR count). The number of nitrogens with zero attached hydrogens (tertiary/aromatic N) is 1. The third-order valence-electron chi connectivity index (χ3n) is 2.61. The van der Waals surface area contributed by atoms with Crippen LogP contribution in [0.2, 0.25) is 0 Å². The van der Waals surface area contributed by atoms with Gasteiger partial charge in [0.2, 0.25) is 5.91 Å². The molecule has 0 bridgehead atoms. The molecule has 1 heterocycles. The minimum Gasteiger partial charge on any atom is -0.480 e. The summed E-state index contributed by atoms with van der Waals surface area (Å²) in [4.78, 5) is 33.4. The van der Waals surface area contributed by atoms with Gasteiger partial charge in [-0.3, -0.25) is 9.59 Å². The number of primary amides is 1. The maximum Gasteiger partial charge on any atom is 0.326 e. The molecular weight excluding hydrogens is 238 g/mol. The molecule has 0 radical (unpaired) electrons. The van der Waals surface area contributed by atoms with Gasteiger partial charge in [-0.1, -0.05) is 0 Å². The van der Waals surface area contributed by atoms with Gasteiger partial charge in [-0.05, 0) is 19.1 Å². The maximum atomic E-state index is 11.8. The molecule has 0 aliphatic rings. The average Bonchev–Trinajstić information content (AvgIpc) is 2.58. The van der Waals surface area contributed by atoms with Gasteiger partial charge in [-0.15, -0.1) is 0 Å². The Bertz CT molecular complexity index is 492. The first-order valence-corrected chi connectivity index (χ1v) is 5.27. The molecule has 0 aromatic carbocycles. The molecular formula is C11H15N3O4. The molecule has 0 aliphatic heterocycles. The highest BCUT2D eigenvalue weighted by Gasteiger charge is 2.23. The van der Waals surface area contributed by atoms with E-state index in [1.165, 1.54) is 0 Å². The second kappa shape index (κ2) is 5.35. The lowest BCUT2D eigenvalue weighted by Gasteiger charge is -2.13. The van der Waals surface area contributed by atoms with E-state index in [0.29, 0.717) is 5.69 Å². The SMILES string of the molecule is Cc1ccc(C(=O)N[C@H](CC(N)=O)C(=O)O)n1C. The fourth-order valence-corrected chi connectivity index (χ4v) is 1.47. The van der Waals surface area contributed by atoms with Crippen molar-refractivity contribution in [3.05, 3.63) is 23.5 Å². The Labute approximate surface area is 104 Å². The number of hydrogen-bond donors (Lipinski definition) is 3. The molecule has 0 unspecified atom stereocenters. The summed E-state index contributed by atoms with van der Waals surface area (Å²) in [5.74, 6) is -2.64. The third-order valence-corrected chi connectivity index (χ3v) is 2.61. The fraction of sp³-hybridized carbons (Fsp3) is 0.364. The first-order valence-electron chi connectivity index (χ1n) is 5.27. The van der Waals surface area contributed by atoms with Gasteiger partial charge >= 0.3 is 5.97 Å². The Kier molecular flexibility index (Phi) is 4.09. The normalized spacial score (nSPS) is 11.9. The Hall–Kier alpha value is -2.31. The highest BCUT2D eigenvalue weighted by Crippen LogP contribution is 2.06. The van der Waals surface area contributed by atoms with Crippen LogP contribution in [0.5, 0.6) is 0 Å². The molecule has 0 saturated heterocycles. The van der Waals surface area contributed by atoms with Crippen LogP contribution >= 0.6 is 0 Å². The summed E-state index contributed by atoms with van der Waals surface area (Å²) in [5, 5.41) is 11.1. The van der Waals surface area contributed by atoms with E-state index in [-0.39, 0.29) is 0 Å². The Morgan fingerprint density at radius 2 is 2.06 bits per heavy atom. The summed E-state index contributed by atoms with van der Waals surface area (Å²) in [6, 6.07) is 2.00. The number of amides is 2. The Morgan fingerprint density at radius 3 is 2.44 bits per heavy atom. The van der Waals surface area contributed by atoms with Gasteiger partial charge in [0.1, 0.15) is 11.7 Å². The van der Waals surface area contributed by atoms with Crippen molar-refractivity contribution in [2.45, 2.75) is 19.4 Å². The van der Waals surface area contributed by atoms with Gasteiger partial charge in [-0.2, -0.15) is 0 Å². The first kappa shape index (κ1) is 13.8. The van der Waals surface area contributed by atoms with E-state index >= 15 is 0 Å². The molecule has 4 N–H and O–H groups in total. The lowest BCUT2D eigenvalue weighted by atomic mass is 10.2. The number of nitrogens with one attached hydrogen (secondary N) is 1. The Morgan fingerprint density at radius 1 is 1.44 bits per heavy atom. The van der Waals surface area contributed by atoms with Crippen molar-refractivity contribution in [1.82, 2.24) is 9.88 Å². The number of carbonyl (C=O) groups excluding carboxylic acids is 2. The summed E-state index contributed by atoms with van der Waals surface area (Å²) < 4.78 is 1.62. The summed E-state index contributed by atoms with van der Waals surface area (Å²) in [7, 11) is 1.69. The summed E-state index contributed by atoms with van der Waals surface area (Å²) in [6.07, 6.45) is -0.440. The molecule has 7 heteroatoms. The van der Waals surface area contributed by atoms with Crippen LogP contribution in [-0.4, -0.2) is 33.5 Å². The Balaban J connectivity index is 2.82. The summed E-state index contributed by atoms with van der Waals surface area (Å²) in [6.45, 7) is 1.81. The van der Waals surface area contributed by atoms with E-state index in [0.717, 1.165) is 5.69 Å². The van der Waals surface area contributed by atoms with Gasteiger partial charge in [0.25, 0.3) is 5.91 Å². The van der Waals surface area contributed by atoms with Crippen LogP contribution in [0.15, 0.2) is 12.1 Å². The second-order valence-corrected chi connectivity index (χ2v) is 3.95. The standard InChI is InChI=1S/C11H15N3O4/c1-6-3-4-8(14(6)2)10(16)13-7(11(17)18)5-9(12)15/h3-4,7H,5H2,1-2H3,(H2,12,15)(H,13,16)(H,17,18)/t7-/m1/s1. The highest BCUT2D eigenvalue weighted by molar-refractivity contribution is 5.96. The molecule has 0 fully saturated rings. The smallest absolute Gasteiger partial charge is 0.326 e. The van der Waals surface area contributed by atoms with E-state index in [4.69, 9.17) is 10.8 Å². The van der Waals surface area contributed by atoms with E-state index in [1.54, 1.807) is 23.7 Å². The number of nitrogens with two attached hydrogens (primary N) is 1. The molecule has 98 valence electrons. The van der Waals surface area contributed by atoms with Crippen LogP contribution in [0.1, 0.15) is 22.6 Å². The highest BCUT2D eigenvalue weighted by atomic mass is 16.4. The predicted octanol–water partition coefficient (Wildman–Crippen LogP) is -0.608. The first-order chi connectivity index (χ1) is 8.32. The topological polar surface area (TPSA) is 114 Å². The molecule has 1 atom stereocenters. The number of aliphatic carboxylic acids is 1. The predicted molar refractivity (Wildman–Crippen MR) is 62.9 cm³/mol. The van der Waals surface area contributed by atoms with Crippen LogP contribution in [0, 0.1) is 6.92 Å². The molecule has 2 amide bonds. The van der Waals surface area contributed by atoms with Crippen LogP contribution in [0.4, 0.5) is 0 Å². The molecule has 18 heavy (non-hydrogen) atoms. The molecule has 0 spiro atoms. The number of rotatable bonds is 5. The van der Waals surface area contributed by atoms with E-state index in [2.05, 4.69) is 5.32 Å².